The number of nitrogens with zero attached hydrogens (tertiary/aromatic N) is 1. The molecule has 2 rings (SSSR count). The van der Waals surface area contributed by atoms with Crippen LogP contribution in [0, 0.1) is 0 Å². The van der Waals surface area contributed by atoms with Crippen molar-refractivity contribution in [2.75, 3.05) is 31.8 Å². The van der Waals surface area contributed by atoms with Crippen molar-refractivity contribution >= 4 is 11.4 Å². The van der Waals surface area contributed by atoms with E-state index in [1.165, 1.54) is 0 Å². The van der Waals surface area contributed by atoms with Crippen LogP contribution >= 0.6 is 0 Å². The van der Waals surface area contributed by atoms with Crippen molar-refractivity contribution in [2.24, 2.45) is 0 Å². The second-order valence-corrected chi connectivity index (χ2v) is 4.29. The Hall–Kier alpha value is -2.43. The fraction of sp³-hybridized carbons (Fsp3) is 0.267. The van der Waals surface area contributed by atoms with Crippen molar-refractivity contribution in [3.63, 3.8) is 0 Å². The number of pyridine rings is 1. The first kappa shape index (κ1) is 14.0. The Kier molecular flexibility index (Phi) is 4.65. The van der Waals surface area contributed by atoms with Gasteiger partial charge in [0.15, 0.2) is 11.5 Å². The largest absolute Gasteiger partial charge is 0.493 e. The number of nitrogen functional groups attached to an aromatic ring is 1. The van der Waals surface area contributed by atoms with Crippen LogP contribution in [0.15, 0.2) is 36.5 Å². The van der Waals surface area contributed by atoms with Crippen LogP contribution in [0.1, 0.15) is 5.69 Å². The third kappa shape index (κ3) is 3.32. The molecule has 0 saturated carbocycles. The summed E-state index contributed by atoms with van der Waals surface area (Å²) >= 11 is 0. The number of anilines is 2. The smallest absolute Gasteiger partial charge is 0.162 e. The number of hydrogen-bond acceptors (Lipinski definition) is 5. The normalized spacial score (nSPS) is 10.1. The third-order valence-electron chi connectivity index (χ3n) is 2.98. The molecule has 2 aromatic rings. The van der Waals surface area contributed by atoms with Crippen molar-refractivity contribution in [3.8, 4) is 11.5 Å². The molecule has 1 aromatic heterocycles. The topological polar surface area (TPSA) is 69.4 Å². The Morgan fingerprint density at radius 1 is 1.15 bits per heavy atom. The molecular weight excluding hydrogens is 254 g/mol. The Bertz CT molecular complexity index is 559. The van der Waals surface area contributed by atoms with E-state index in [2.05, 4.69) is 10.3 Å². The van der Waals surface area contributed by atoms with Crippen LogP contribution < -0.4 is 20.5 Å². The summed E-state index contributed by atoms with van der Waals surface area (Å²) in [6, 6.07) is 9.48. The molecule has 3 N–H and O–H groups in total. The van der Waals surface area contributed by atoms with Gasteiger partial charge in [0.2, 0.25) is 0 Å². The predicted molar refractivity (Wildman–Crippen MR) is 80.4 cm³/mol. The number of ether oxygens (including phenoxy) is 2. The minimum atomic E-state index is 0.625. The Morgan fingerprint density at radius 3 is 2.55 bits per heavy atom. The average molecular weight is 273 g/mol. The van der Waals surface area contributed by atoms with Crippen LogP contribution in [0.25, 0.3) is 0 Å². The lowest BCUT2D eigenvalue weighted by Gasteiger charge is -2.14. The zero-order valence-corrected chi connectivity index (χ0v) is 11.7. The van der Waals surface area contributed by atoms with Crippen LogP contribution in [0.5, 0.6) is 11.5 Å². The number of benzene rings is 1. The molecule has 0 aliphatic heterocycles. The SMILES string of the molecule is COc1cc(N)c(NCCc2ccccn2)cc1OC. The van der Waals surface area contributed by atoms with Crippen molar-refractivity contribution in [1.29, 1.82) is 0 Å². The van der Waals surface area contributed by atoms with E-state index in [4.69, 9.17) is 15.2 Å². The first-order valence-corrected chi connectivity index (χ1v) is 6.40. The summed E-state index contributed by atoms with van der Waals surface area (Å²) in [4.78, 5) is 4.28. The molecule has 1 aromatic carbocycles. The van der Waals surface area contributed by atoms with E-state index in [1.807, 2.05) is 24.3 Å². The van der Waals surface area contributed by atoms with E-state index in [9.17, 15) is 0 Å². The van der Waals surface area contributed by atoms with Gasteiger partial charge >= 0.3 is 0 Å². The van der Waals surface area contributed by atoms with E-state index >= 15 is 0 Å². The molecule has 1 heterocycles. The van der Waals surface area contributed by atoms with E-state index in [0.717, 1.165) is 24.3 Å². The lowest BCUT2D eigenvalue weighted by atomic mass is 10.2. The maximum atomic E-state index is 5.99. The van der Waals surface area contributed by atoms with Crippen LogP contribution in [-0.4, -0.2) is 25.7 Å². The Balaban J connectivity index is 2.02. The van der Waals surface area contributed by atoms with E-state index < -0.39 is 0 Å². The van der Waals surface area contributed by atoms with E-state index in [0.29, 0.717) is 17.2 Å². The summed E-state index contributed by atoms with van der Waals surface area (Å²) in [5.74, 6) is 1.28. The third-order valence-corrected chi connectivity index (χ3v) is 2.98. The highest BCUT2D eigenvalue weighted by atomic mass is 16.5. The quantitative estimate of drug-likeness (QED) is 0.791. The van der Waals surface area contributed by atoms with Gasteiger partial charge in [-0.2, -0.15) is 0 Å². The fourth-order valence-corrected chi connectivity index (χ4v) is 1.92. The van der Waals surface area contributed by atoms with Gasteiger partial charge in [0.1, 0.15) is 0 Å². The first-order valence-electron chi connectivity index (χ1n) is 6.40. The lowest BCUT2D eigenvalue weighted by molar-refractivity contribution is 0.355. The number of aromatic nitrogens is 1. The summed E-state index contributed by atoms with van der Waals surface area (Å²) in [7, 11) is 3.19. The Labute approximate surface area is 118 Å². The van der Waals surface area contributed by atoms with Crippen LogP contribution in [0.4, 0.5) is 11.4 Å². The van der Waals surface area contributed by atoms with Gasteiger partial charge in [-0.1, -0.05) is 6.07 Å². The summed E-state index contributed by atoms with van der Waals surface area (Å²) in [5, 5.41) is 3.29. The molecule has 0 aliphatic carbocycles. The van der Waals surface area contributed by atoms with Crippen molar-refractivity contribution in [2.45, 2.75) is 6.42 Å². The molecule has 0 radical (unpaired) electrons. The van der Waals surface area contributed by atoms with Gasteiger partial charge in [0.25, 0.3) is 0 Å². The van der Waals surface area contributed by atoms with E-state index in [-0.39, 0.29) is 0 Å². The molecule has 0 aliphatic rings. The molecule has 0 atom stereocenters. The van der Waals surface area contributed by atoms with Crippen molar-refractivity contribution in [1.82, 2.24) is 4.98 Å². The fourth-order valence-electron chi connectivity index (χ4n) is 1.92. The number of rotatable bonds is 6. The molecule has 106 valence electrons. The molecule has 0 saturated heterocycles. The molecule has 0 unspecified atom stereocenters. The minimum absolute atomic E-state index is 0.625. The number of hydrogen-bond donors (Lipinski definition) is 2. The van der Waals surface area contributed by atoms with Gasteiger partial charge in [-0.3, -0.25) is 4.98 Å². The van der Waals surface area contributed by atoms with Gasteiger partial charge in [0.05, 0.1) is 25.6 Å². The van der Waals surface area contributed by atoms with E-state index in [1.54, 1.807) is 26.5 Å². The average Bonchev–Trinajstić information content (AvgIpc) is 2.49. The number of nitrogens with one attached hydrogen (secondary N) is 1. The zero-order valence-electron chi connectivity index (χ0n) is 11.7. The standard InChI is InChI=1S/C15H19N3O2/c1-19-14-9-12(16)13(10-15(14)20-2)18-8-6-11-5-3-4-7-17-11/h3-5,7,9-10,18H,6,8,16H2,1-2H3. The summed E-state index contributed by atoms with van der Waals surface area (Å²) in [5.41, 5.74) is 8.49. The second-order valence-electron chi connectivity index (χ2n) is 4.29. The lowest BCUT2D eigenvalue weighted by Crippen LogP contribution is -2.08. The molecule has 0 spiro atoms. The van der Waals surface area contributed by atoms with Crippen molar-refractivity contribution < 1.29 is 9.47 Å². The van der Waals surface area contributed by atoms with Gasteiger partial charge in [-0.15, -0.1) is 0 Å². The first-order chi connectivity index (χ1) is 9.74. The second kappa shape index (κ2) is 6.65. The summed E-state index contributed by atoms with van der Waals surface area (Å²) < 4.78 is 10.5. The summed E-state index contributed by atoms with van der Waals surface area (Å²) in [6.07, 6.45) is 2.62. The highest BCUT2D eigenvalue weighted by molar-refractivity contribution is 5.72. The Morgan fingerprint density at radius 2 is 1.90 bits per heavy atom. The molecular formula is C15H19N3O2. The number of nitrogens with two attached hydrogens (primary N) is 1. The zero-order chi connectivity index (χ0) is 14.4. The molecule has 0 bridgehead atoms. The monoisotopic (exact) mass is 273 g/mol. The van der Waals surface area contributed by atoms with Gasteiger partial charge in [-0.05, 0) is 12.1 Å². The van der Waals surface area contributed by atoms with Crippen molar-refractivity contribution in [3.05, 3.63) is 42.2 Å². The minimum Gasteiger partial charge on any atom is -0.493 e. The number of methoxy groups -OCH3 is 2. The highest BCUT2D eigenvalue weighted by Gasteiger charge is 2.08. The highest BCUT2D eigenvalue weighted by Crippen LogP contribution is 2.34. The van der Waals surface area contributed by atoms with Crippen LogP contribution in [0.2, 0.25) is 0 Å². The van der Waals surface area contributed by atoms with Gasteiger partial charge in [0, 0.05) is 37.0 Å². The van der Waals surface area contributed by atoms with Gasteiger partial charge < -0.3 is 20.5 Å². The van der Waals surface area contributed by atoms with Gasteiger partial charge in [-0.25, -0.2) is 0 Å². The maximum Gasteiger partial charge on any atom is 0.162 e. The van der Waals surface area contributed by atoms with Crippen LogP contribution in [-0.2, 0) is 6.42 Å². The molecule has 5 nitrogen and oxygen atoms in total. The maximum absolute atomic E-state index is 5.99. The molecule has 20 heavy (non-hydrogen) atoms. The molecule has 5 heteroatoms. The molecule has 0 amide bonds. The van der Waals surface area contributed by atoms with Crippen LogP contribution in [0.3, 0.4) is 0 Å². The predicted octanol–water partition coefficient (Wildman–Crippen LogP) is 2.34. The summed E-state index contributed by atoms with van der Waals surface area (Å²) in [6.45, 7) is 0.747. The molecule has 0 fully saturated rings.